The highest BCUT2D eigenvalue weighted by Crippen LogP contribution is 2.30. The second kappa shape index (κ2) is 5.63. The summed E-state index contributed by atoms with van der Waals surface area (Å²) in [7, 11) is 0. The standard InChI is InChI=1S/C13H17BrN2O/c1-2-7-16(9-10-3-4-10)13(17)11-5-6-12(14)15-8-11/h5-6,8,10H,2-4,7,9H2,1H3. The first-order valence-electron chi connectivity index (χ1n) is 6.11. The summed E-state index contributed by atoms with van der Waals surface area (Å²) in [6.07, 6.45) is 5.18. The fraction of sp³-hybridized carbons (Fsp3) is 0.538. The Morgan fingerprint density at radius 2 is 2.29 bits per heavy atom. The van der Waals surface area contributed by atoms with E-state index in [9.17, 15) is 4.79 Å². The van der Waals surface area contributed by atoms with Gasteiger partial charge in [0.25, 0.3) is 5.91 Å². The summed E-state index contributed by atoms with van der Waals surface area (Å²) < 4.78 is 0.762. The number of nitrogens with zero attached hydrogens (tertiary/aromatic N) is 2. The molecule has 1 aliphatic rings. The van der Waals surface area contributed by atoms with Gasteiger partial charge in [0, 0.05) is 19.3 Å². The molecule has 0 saturated heterocycles. The predicted molar refractivity (Wildman–Crippen MR) is 70.9 cm³/mol. The van der Waals surface area contributed by atoms with Crippen LogP contribution in [0.3, 0.4) is 0 Å². The molecule has 1 aromatic heterocycles. The molecule has 0 aromatic carbocycles. The molecule has 4 heteroatoms. The first-order valence-corrected chi connectivity index (χ1v) is 6.91. The van der Waals surface area contributed by atoms with Gasteiger partial charge in [0.2, 0.25) is 0 Å². The Bertz CT molecular complexity index is 387. The molecule has 0 aliphatic heterocycles. The van der Waals surface area contributed by atoms with Crippen molar-refractivity contribution in [3.63, 3.8) is 0 Å². The Morgan fingerprint density at radius 1 is 1.53 bits per heavy atom. The summed E-state index contributed by atoms with van der Waals surface area (Å²) in [5, 5.41) is 0. The fourth-order valence-corrected chi connectivity index (χ4v) is 2.08. The van der Waals surface area contributed by atoms with E-state index in [0.717, 1.165) is 30.0 Å². The van der Waals surface area contributed by atoms with Crippen LogP contribution in [0.2, 0.25) is 0 Å². The maximum Gasteiger partial charge on any atom is 0.255 e. The molecular formula is C13H17BrN2O. The van der Waals surface area contributed by atoms with E-state index in [1.54, 1.807) is 6.20 Å². The van der Waals surface area contributed by atoms with Crippen LogP contribution >= 0.6 is 15.9 Å². The van der Waals surface area contributed by atoms with Gasteiger partial charge in [-0.25, -0.2) is 4.98 Å². The lowest BCUT2D eigenvalue weighted by Crippen LogP contribution is -2.33. The summed E-state index contributed by atoms with van der Waals surface area (Å²) in [6, 6.07) is 3.64. The summed E-state index contributed by atoms with van der Waals surface area (Å²) in [5.41, 5.74) is 0.683. The Morgan fingerprint density at radius 3 is 2.82 bits per heavy atom. The minimum atomic E-state index is 0.110. The number of carbonyl (C=O) groups excluding carboxylic acids is 1. The van der Waals surface area contributed by atoms with E-state index < -0.39 is 0 Å². The summed E-state index contributed by atoms with van der Waals surface area (Å²) in [4.78, 5) is 18.3. The normalized spacial score (nSPS) is 14.7. The van der Waals surface area contributed by atoms with E-state index in [2.05, 4.69) is 27.8 Å². The van der Waals surface area contributed by atoms with Gasteiger partial charge in [0.15, 0.2) is 0 Å². The first-order chi connectivity index (χ1) is 8.20. The largest absolute Gasteiger partial charge is 0.338 e. The minimum absolute atomic E-state index is 0.110. The number of carbonyl (C=O) groups is 1. The molecule has 1 aliphatic carbocycles. The maximum atomic E-state index is 12.3. The first kappa shape index (κ1) is 12.6. The Kier molecular flexibility index (Phi) is 4.15. The quantitative estimate of drug-likeness (QED) is 0.782. The van der Waals surface area contributed by atoms with Crippen molar-refractivity contribution in [2.24, 2.45) is 5.92 Å². The van der Waals surface area contributed by atoms with Crippen molar-refractivity contribution in [2.75, 3.05) is 13.1 Å². The molecule has 3 nitrogen and oxygen atoms in total. The van der Waals surface area contributed by atoms with E-state index >= 15 is 0 Å². The molecular weight excluding hydrogens is 280 g/mol. The van der Waals surface area contributed by atoms with Gasteiger partial charge in [-0.1, -0.05) is 6.92 Å². The third-order valence-electron chi connectivity index (χ3n) is 2.93. The lowest BCUT2D eigenvalue weighted by molar-refractivity contribution is 0.0747. The van der Waals surface area contributed by atoms with Crippen molar-refractivity contribution < 1.29 is 4.79 Å². The zero-order valence-electron chi connectivity index (χ0n) is 10.0. The summed E-state index contributed by atoms with van der Waals surface area (Å²) in [6.45, 7) is 3.85. The van der Waals surface area contributed by atoms with Crippen molar-refractivity contribution in [3.8, 4) is 0 Å². The lowest BCUT2D eigenvalue weighted by atomic mass is 10.2. The van der Waals surface area contributed by atoms with E-state index in [1.165, 1.54) is 12.8 Å². The molecule has 1 saturated carbocycles. The summed E-state index contributed by atoms with van der Waals surface area (Å²) >= 11 is 3.28. The number of pyridine rings is 1. The third kappa shape index (κ3) is 3.53. The topological polar surface area (TPSA) is 33.2 Å². The van der Waals surface area contributed by atoms with E-state index in [1.807, 2.05) is 17.0 Å². The predicted octanol–water partition coefficient (Wildman–Crippen LogP) is 3.11. The zero-order chi connectivity index (χ0) is 12.3. The minimum Gasteiger partial charge on any atom is -0.338 e. The van der Waals surface area contributed by atoms with Crippen molar-refractivity contribution in [1.82, 2.24) is 9.88 Å². The van der Waals surface area contributed by atoms with Crippen molar-refractivity contribution in [3.05, 3.63) is 28.5 Å². The van der Waals surface area contributed by atoms with Crippen molar-refractivity contribution in [1.29, 1.82) is 0 Å². The zero-order valence-corrected chi connectivity index (χ0v) is 11.6. The molecule has 1 fully saturated rings. The van der Waals surface area contributed by atoms with Gasteiger partial charge < -0.3 is 4.90 Å². The molecule has 17 heavy (non-hydrogen) atoms. The number of rotatable bonds is 5. The van der Waals surface area contributed by atoms with Crippen LogP contribution in [0.4, 0.5) is 0 Å². The van der Waals surface area contributed by atoms with Crippen molar-refractivity contribution >= 4 is 21.8 Å². The fourth-order valence-electron chi connectivity index (χ4n) is 1.84. The van der Waals surface area contributed by atoms with E-state index in [-0.39, 0.29) is 5.91 Å². The second-order valence-corrected chi connectivity index (χ2v) is 5.38. The summed E-state index contributed by atoms with van der Waals surface area (Å²) in [5.74, 6) is 0.840. The molecule has 0 bridgehead atoms. The van der Waals surface area contributed by atoms with Gasteiger partial charge in [-0.2, -0.15) is 0 Å². The Balaban J connectivity index is 2.05. The number of halogens is 1. The average molecular weight is 297 g/mol. The van der Waals surface area contributed by atoms with Crippen LogP contribution in [0.5, 0.6) is 0 Å². The molecule has 1 amide bonds. The number of aromatic nitrogens is 1. The van der Waals surface area contributed by atoms with Gasteiger partial charge in [-0.3, -0.25) is 4.79 Å². The molecule has 0 unspecified atom stereocenters. The molecule has 0 N–H and O–H groups in total. The van der Waals surface area contributed by atoms with Gasteiger partial charge in [0.1, 0.15) is 4.60 Å². The highest BCUT2D eigenvalue weighted by atomic mass is 79.9. The molecule has 92 valence electrons. The lowest BCUT2D eigenvalue weighted by Gasteiger charge is -2.21. The number of hydrogen-bond donors (Lipinski definition) is 0. The SMILES string of the molecule is CCCN(CC1CC1)C(=O)c1ccc(Br)nc1. The molecule has 1 heterocycles. The van der Waals surface area contributed by atoms with Crippen LogP contribution in [-0.4, -0.2) is 28.9 Å². The van der Waals surface area contributed by atoms with Crippen LogP contribution in [0, 0.1) is 5.92 Å². The molecule has 0 atom stereocenters. The highest BCUT2D eigenvalue weighted by molar-refractivity contribution is 9.10. The molecule has 1 aromatic rings. The maximum absolute atomic E-state index is 12.3. The third-order valence-corrected chi connectivity index (χ3v) is 3.40. The van der Waals surface area contributed by atoms with E-state index in [0.29, 0.717) is 5.56 Å². The average Bonchev–Trinajstić information content (AvgIpc) is 3.13. The van der Waals surface area contributed by atoms with E-state index in [4.69, 9.17) is 0 Å². The van der Waals surface area contributed by atoms with Crippen LogP contribution in [0.1, 0.15) is 36.5 Å². The molecule has 2 rings (SSSR count). The highest BCUT2D eigenvalue weighted by Gasteiger charge is 2.26. The van der Waals surface area contributed by atoms with Crippen molar-refractivity contribution in [2.45, 2.75) is 26.2 Å². The van der Waals surface area contributed by atoms with Crippen LogP contribution in [0.25, 0.3) is 0 Å². The smallest absolute Gasteiger partial charge is 0.255 e. The van der Waals surface area contributed by atoms with Gasteiger partial charge in [-0.15, -0.1) is 0 Å². The molecule has 0 radical (unpaired) electrons. The number of hydrogen-bond acceptors (Lipinski definition) is 2. The van der Waals surface area contributed by atoms with Crippen LogP contribution in [0.15, 0.2) is 22.9 Å². The van der Waals surface area contributed by atoms with Gasteiger partial charge in [0.05, 0.1) is 5.56 Å². The van der Waals surface area contributed by atoms with Gasteiger partial charge >= 0.3 is 0 Å². The van der Waals surface area contributed by atoms with Crippen LogP contribution < -0.4 is 0 Å². The second-order valence-electron chi connectivity index (χ2n) is 4.56. The number of amides is 1. The van der Waals surface area contributed by atoms with Gasteiger partial charge in [-0.05, 0) is 53.2 Å². The Labute approximate surface area is 110 Å². The van der Waals surface area contributed by atoms with Crippen LogP contribution in [-0.2, 0) is 0 Å². The monoisotopic (exact) mass is 296 g/mol. The Hall–Kier alpha value is -0.900. The molecule has 0 spiro atoms.